The van der Waals surface area contributed by atoms with Crippen molar-refractivity contribution in [2.45, 2.75) is 38.8 Å². The van der Waals surface area contributed by atoms with Gasteiger partial charge < -0.3 is 15.3 Å². The van der Waals surface area contributed by atoms with E-state index >= 15 is 0 Å². The Kier molecular flexibility index (Phi) is 6.49. The summed E-state index contributed by atoms with van der Waals surface area (Å²) in [4.78, 5) is 2.54. The van der Waals surface area contributed by atoms with Gasteiger partial charge in [-0.15, -0.1) is 0 Å². The predicted molar refractivity (Wildman–Crippen MR) is 88.7 cm³/mol. The number of piperidine rings is 1. The highest BCUT2D eigenvalue weighted by Crippen LogP contribution is 2.22. The van der Waals surface area contributed by atoms with Crippen LogP contribution in [0.25, 0.3) is 0 Å². The van der Waals surface area contributed by atoms with Crippen LogP contribution in [-0.4, -0.2) is 42.2 Å². The lowest BCUT2D eigenvalue weighted by Crippen LogP contribution is -2.44. The van der Waals surface area contributed by atoms with Gasteiger partial charge in [0.2, 0.25) is 0 Å². The number of benzene rings is 1. The van der Waals surface area contributed by atoms with Crippen molar-refractivity contribution in [1.29, 1.82) is 0 Å². The number of nitrogens with zero attached hydrogens (tertiary/aromatic N) is 1. The lowest BCUT2D eigenvalue weighted by molar-refractivity contribution is 0.146. The van der Waals surface area contributed by atoms with E-state index in [1.165, 1.54) is 6.54 Å². The van der Waals surface area contributed by atoms with Gasteiger partial charge in [-0.25, -0.2) is 0 Å². The quantitative estimate of drug-likeness (QED) is 0.847. The van der Waals surface area contributed by atoms with Gasteiger partial charge in [0.1, 0.15) is 0 Å². The Morgan fingerprint density at radius 1 is 1.29 bits per heavy atom. The summed E-state index contributed by atoms with van der Waals surface area (Å²) >= 11 is 6.11. The molecular weight excluding hydrogens is 284 g/mol. The maximum Gasteiger partial charge on any atom is 0.0928 e. The highest BCUT2D eigenvalue weighted by atomic mass is 35.5. The second kappa shape index (κ2) is 8.14. The van der Waals surface area contributed by atoms with Gasteiger partial charge in [0.15, 0.2) is 0 Å². The van der Waals surface area contributed by atoms with E-state index in [2.05, 4.69) is 24.1 Å². The van der Waals surface area contributed by atoms with E-state index < -0.39 is 6.10 Å². The molecule has 1 aromatic rings. The van der Waals surface area contributed by atoms with E-state index in [0.717, 1.165) is 37.4 Å². The molecule has 3 nitrogen and oxygen atoms in total. The van der Waals surface area contributed by atoms with E-state index in [1.807, 2.05) is 24.3 Å². The van der Waals surface area contributed by atoms with Crippen molar-refractivity contribution >= 4 is 11.6 Å². The normalized spacial score (nSPS) is 19.1. The minimum atomic E-state index is -0.535. The van der Waals surface area contributed by atoms with E-state index in [0.29, 0.717) is 17.6 Å². The molecule has 1 saturated heterocycles. The van der Waals surface area contributed by atoms with Gasteiger partial charge in [-0.05, 0) is 37.9 Å². The molecule has 1 heterocycles. The smallest absolute Gasteiger partial charge is 0.0928 e. The number of hydrogen-bond acceptors (Lipinski definition) is 3. The molecule has 1 aliphatic rings. The molecule has 0 aromatic heterocycles. The average molecular weight is 311 g/mol. The van der Waals surface area contributed by atoms with Crippen molar-refractivity contribution in [2.24, 2.45) is 5.92 Å². The van der Waals surface area contributed by atoms with E-state index in [1.54, 1.807) is 0 Å². The van der Waals surface area contributed by atoms with Crippen LogP contribution in [0.1, 0.15) is 38.4 Å². The van der Waals surface area contributed by atoms with Crippen LogP contribution < -0.4 is 5.32 Å². The van der Waals surface area contributed by atoms with Gasteiger partial charge in [0.25, 0.3) is 0 Å². The molecule has 2 N–H and O–H groups in total. The Morgan fingerprint density at radius 3 is 2.57 bits per heavy atom. The first kappa shape index (κ1) is 16.8. The zero-order chi connectivity index (χ0) is 15.2. The van der Waals surface area contributed by atoms with E-state index in [4.69, 9.17) is 11.6 Å². The summed E-state index contributed by atoms with van der Waals surface area (Å²) in [5.41, 5.74) is 0.809. The number of aliphatic hydroxyl groups is 1. The molecular formula is C17H27ClN2O. The maximum absolute atomic E-state index is 10.2. The van der Waals surface area contributed by atoms with Crippen molar-refractivity contribution in [1.82, 2.24) is 10.2 Å². The molecule has 0 spiro atoms. The molecule has 1 aromatic carbocycles. The zero-order valence-corrected chi connectivity index (χ0v) is 13.8. The van der Waals surface area contributed by atoms with Crippen LogP contribution in [0.15, 0.2) is 24.3 Å². The third kappa shape index (κ3) is 5.26. The molecule has 118 valence electrons. The standard InChI is InChI=1S/C17H27ClN2O/c1-13(2)12-20-9-7-14(8-10-20)19-11-17(21)15-5-3-4-6-16(15)18/h3-6,13-14,17,19,21H,7-12H2,1-2H3. The highest BCUT2D eigenvalue weighted by Gasteiger charge is 2.20. The van der Waals surface area contributed by atoms with Gasteiger partial charge in [-0.3, -0.25) is 0 Å². The Labute approximate surface area is 133 Å². The fraction of sp³-hybridized carbons (Fsp3) is 0.647. The molecule has 4 heteroatoms. The molecule has 2 rings (SSSR count). The SMILES string of the molecule is CC(C)CN1CCC(NCC(O)c2ccccc2Cl)CC1. The van der Waals surface area contributed by atoms with Gasteiger partial charge in [-0.2, -0.15) is 0 Å². The second-order valence-corrected chi connectivity index (χ2v) is 6.82. The van der Waals surface area contributed by atoms with Gasteiger partial charge in [0.05, 0.1) is 6.10 Å². The minimum absolute atomic E-state index is 0.505. The van der Waals surface area contributed by atoms with Crippen molar-refractivity contribution in [3.63, 3.8) is 0 Å². The Bertz CT molecular complexity index is 431. The Morgan fingerprint density at radius 2 is 1.95 bits per heavy atom. The minimum Gasteiger partial charge on any atom is -0.387 e. The molecule has 0 saturated carbocycles. The number of likely N-dealkylation sites (tertiary alicyclic amines) is 1. The first-order valence-electron chi connectivity index (χ1n) is 7.94. The van der Waals surface area contributed by atoms with Crippen molar-refractivity contribution in [3.05, 3.63) is 34.9 Å². The van der Waals surface area contributed by atoms with Crippen LogP contribution in [0.2, 0.25) is 5.02 Å². The molecule has 1 unspecified atom stereocenters. The third-order valence-electron chi connectivity index (χ3n) is 4.08. The fourth-order valence-corrected chi connectivity index (χ4v) is 3.23. The summed E-state index contributed by atoms with van der Waals surface area (Å²) in [6.07, 6.45) is 1.77. The number of rotatable bonds is 6. The van der Waals surface area contributed by atoms with Gasteiger partial charge in [0, 0.05) is 29.7 Å². The highest BCUT2D eigenvalue weighted by molar-refractivity contribution is 6.31. The summed E-state index contributed by atoms with van der Waals surface area (Å²) in [7, 11) is 0. The van der Waals surface area contributed by atoms with Crippen LogP contribution in [-0.2, 0) is 0 Å². The fourth-order valence-electron chi connectivity index (χ4n) is 2.97. The third-order valence-corrected chi connectivity index (χ3v) is 4.42. The van der Waals surface area contributed by atoms with Crippen LogP contribution in [0.5, 0.6) is 0 Å². The average Bonchev–Trinajstić information content (AvgIpc) is 2.46. The molecule has 1 aliphatic heterocycles. The zero-order valence-electron chi connectivity index (χ0n) is 13.1. The van der Waals surface area contributed by atoms with Crippen molar-refractivity contribution in [2.75, 3.05) is 26.2 Å². The molecule has 0 radical (unpaired) electrons. The predicted octanol–water partition coefficient (Wildman–Crippen LogP) is 3.08. The van der Waals surface area contributed by atoms with Crippen LogP contribution in [0, 0.1) is 5.92 Å². The first-order valence-corrected chi connectivity index (χ1v) is 8.32. The first-order chi connectivity index (χ1) is 10.1. The summed E-state index contributed by atoms with van der Waals surface area (Å²) in [5.74, 6) is 0.733. The van der Waals surface area contributed by atoms with Crippen molar-refractivity contribution in [3.8, 4) is 0 Å². The van der Waals surface area contributed by atoms with Gasteiger partial charge in [-0.1, -0.05) is 43.6 Å². The summed E-state index contributed by atoms with van der Waals surface area (Å²) in [6, 6.07) is 8.01. The van der Waals surface area contributed by atoms with Gasteiger partial charge >= 0.3 is 0 Å². The number of halogens is 1. The topological polar surface area (TPSA) is 35.5 Å². The Balaban J connectivity index is 1.73. The lowest BCUT2D eigenvalue weighted by atomic mass is 10.0. The van der Waals surface area contributed by atoms with Crippen LogP contribution >= 0.6 is 11.6 Å². The molecule has 0 amide bonds. The second-order valence-electron chi connectivity index (χ2n) is 6.41. The molecule has 1 fully saturated rings. The largest absolute Gasteiger partial charge is 0.387 e. The van der Waals surface area contributed by atoms with E-state index in [-0.39, 0.29) is 0 Å². The maximum atomic E-state index is 10.2. The monoisotopic (exact) mass is 310 g/mol. The molecule has 21 heavy (non-hydrogen) atoms. The van der Waals surface area contributed by atoms with Crippen LogP contribution in [0.3, 0.4) is 0 Å². The summed E-state index contributed by atoms with van der Waals surface area (Å²) < 4.78 is 0. The molecule has 1 atom stereocenters. The number of aliphatic hydroxyl groups excluding tert-OH is 1. The Hall–Kier alpha value is -0.610. The summed E-state index contributed by atoms with van der Waals surface area (Å²) in [5, 5.41) is 14.4. The number of nitrogens with one attached hydrogen (secondary N) is 1. The number of hydrogen-bond donors (Lipinski definition) is 2. The van der Waals surface area contributed by atoms with Crippen molar-refractivity contribution < 1.29 is 5.11 Å². The lowest BCUT2D eigenvalue weighted by Gasteiger charge is -2.33. The molecule has 0 aliphatic carbocycles. The van der Waals surface area contributed by atoms with E-state index in [9.17, 15) is 5.11 Å². The molecule has 0 bridgehead atoms. The van der Waals surface area contributed by atoms with Crippen LogP contribution in [0.4, 0.5) is 0 Å². The summed E-state index contributed by atoms with van der Waals surface area (Å²) in [6.45, 7) is 8.60.